The van der Waals surface area contributed by atoms with Crippen molar-refractivity contribution in [2.45, 2.75) is 0 Å². The molecule has 22 heavy (non-hydrogen) atoms. The SMILES string of the molecule is O=C(c1nnc(-c2ccncc2)o1)c1c[nH]c2ccccc12. The summed E-state index contributed by atoms with van der Waals surface area (Å²) in [6.07, 6.45) is 4.91. The van der Waals surface area contributed by atoms with E-state index in [1.807, 2.05) is 24.3 Å². The standard InChI is InChI=1S/C16H10N4O2/c21-14(12-9-18-13-4-2-1-3-11(12)13)16-20-19-15(22-16)10-5-7-17-8-6-10/h1-9,18H. The van der Waals surface area contributed by atoms with Gasteiger partial charge in [0.2, 0.25) is 5.89 Å². The number of benzene rings is 1. The van der Waals surface area contributed by atoms with E-state index >= 15 is 0 Å². The van der Waals surface area contributed by atoms with E-state index in [9.17, 15) is 4.79 Å². The predicted molar refractivity (Wildman–Crippen MR) is 79.3 cm³/mol. The molecule has 4 rings (SSSR count). The number of hydrogen-bond donors (Lipinski definition) is 1. The Kier molecular flexibility index (Phi) is 2.79. The van der Waals surface area contributed by atoms with Gasteiger partial charge in [0.1, 0.15) is 0 Å². The van der Waals surface area contributed by atoms with Crippen molar-refractivity contribution in [2.75, 3.05) is 0 Å². The Morgan fingerprint density at radius 3 is 2.73 bits per heavy atom. The molecule has 1 N–H and O–H groups in total. The summed E-state index contributed by atoms with van der Waals surface area (Å²) < 4.78 is 5.49. The van der Waals surface area contributed by atoms with Crippen LogP contribution in [0.1, 0.15) is 16.2 Å². The molecule has 0 radical (unpaired) electrons. The van der Waals surface area contributed by atoms with E-state index in [2.05, 4.69) is 20.2 Å². The van der Waals surface area contributed by atoms with Gasteiger partial charge in [0.05, 0.1) is 5.56 Å². The van der Waals surface area contributed by atoms with Crippen LogP contribution in [0.25, 0.3) is 22.4 Å². The summed E-state index contributed by atoms with van der Waals surface area (Å²) in [7, 11) is 0. The van der Waals surface area contributed by atoms with E-state index in [0.717, 1.165) is 16.5 Å². The van der Waals surface area contributed by atoms with Crippen molar-refractivity contribution in [3.63, 3.8) is 0 Å². The van der Waals surface area contributed by atoms with E-state index in [1.54, 1.807) is 30.7 Å². The van der Waals surface area contributed by atoms with Crippen molar-refractivity contribution in [3.8, 4) is 11.5 Å². The van der Waals surface area contributed by atoms with Gasteiger partial charge in [-0.05, 0) is 18.2 Å². The molecule has 106 valence electrons. The van der Waals surface area contributed by atoms with E-state index in [4.69, 9.17) is 4.42 Å². The molecule has 0 saturated heterocycles. The molecule has 0 fully saturated rings. The first-order chi connectivity index (χ1) is 10.8. The van der Waals surface area contributed by atoms with Crippen LogP contribution in [0, 0.1) is 0 Å². The maximum atomic E-state index is 12.5. The summed E-state index contributed by atoms with van der Waals surface area (Å²) in [5.74, 6) is -0.0348. The third-order valence-corrected chi connectivity index (χ3v) is 3.38. The first-order valence-electron chi connectivity index (χ1n) is 6.67. The highest BCUT2D eigenvalue weighted by atomic mass is 16.4. The average molecular weight is 290 g/mol. The summed E-state index contributed by atoms with van der Waals surface area (Å²) in [5, 5.41) is 8.61. The lowest BCUT2D eigenvalue weighted by molar-refractivity contribution is 0.100. The summed E-state index contributed by atoms with van der Waals surface area (Å²) in [6, 6.07) is 11.0. The van der Waals surface area contributed by atoms with Gasteiger partial charge in [0.15, 0.2) is 0 Å². The van der Waals surface area contributed by atoms with Crippen molar-refractivity contribution < 1.29 is 9.21 Å². The molecule has 6 heteroatoms. The Hall–Kier alpha value is -3.28. The largest absolute Gasteiger partial charge is 0.413 e. The lowest BCUT2D eigenvalue weighted by atomic mass is 10.1. The molecule has 6 nitrogen and oxygen atoms in total. The van der Waals surface area contributed by atoms with Crippen LogP contribution in [-0.4, -0.2) is 25.9 Å². The molecule has 0 saturated carbocycles. The maximum Gasteiger partial charge on any atom is 0.289 e. The highest BCUT2D eigenvalue weighted by Crippen LogP contribution is 2.22. The zero-order valence-electron chi connectivity index (χ0n) is 11.4. The fraction of sp³-hybridized carbons (Fsp3) is 0. The number of rotatable bonds is 3. The number of ketones is 1. The van der Waals surface area contributed by atoms with Gasteiger partial charge in [-0.15, -0.1) is 10.2 Å². The number of carbonyl (C=O) groups excluding carboxylic acids is 1. The predicted octanol–water partition coefficient (Wildman–Crippen LogP) is 2.84. The second-order valence-corrected chi connectivity index (χ2v) is 4.73. The van der Waals surface area contributed by atoms with Crippen molar-refractivity contribution in [1.29, 1.82) is 0 Å². The zero-order chi connectivity index (χ0) is 14.9. The van der Waals surface area contributed by atoms with Crippen LogP contribution in [0.3, 0.4) is 0 Å². The highest BCUT2D eigenvalue weighted by Gasteiger charge is 2.20. The fourth-order valence-electron chi connectivity index (χ4n) is 2.30. The number of para-hydroxylation sites is 1. The summed E-state index contributed by atoms with van der Waals surface area (Å²) in [5.41, 5.74) is 2.13. The fourth-order valence-corrected chi connectivity index (χ4v) is 2.30. The van der Waals surface area contributed by atoms with Gasteiger partial charge >= 0.3 is 0 Å². The Labute approximate surface area is 124 Å². The lowest BCUT2D eigenvalue weighted by Crippen LogP contribution is -2.00. The Morgan fingerprint density at radius 2 is 1.86 bits per heavy atom. The monoisotopic (exact) mass is 290 g/mol. The first kappa shape index (κ1) is 12.5. The normalized spacial score (nSPS) is 10.9. The topological polar surface area (TPSA) is 84.7 Å². The van der Waals surface area contributed by atoms with Crippen molar-refractivity contribution in [3.05, 3.63) is 66.4 Å². The van der Waals surface area contributed by atoms with E-state index < -0.39 is 0 Å². The third kappa shape index (κ3) is 1.98. The highest BCUT2D eigenvalue weighted by molar-refractivity contribution is 6.14. The van der Waals surface area contributed by atoms with Gasteiger partial charge in [0, 0.05) is 35.1 Å². The zero-order valence-corrected chi connectivity index (χ0v) is 11.4. The molecule has 0 aliphatic heterocycles. The molecular formula is C16H10N4O2. The number of hydrogen-bond acceptors (Lipinski definition) is 5. The van der Waals surface area contributed by atoms with Crippen LogP contribution in [-0.2, 0) is 0 Å². The average Bonchev–Trinajstić information content (AvgIpc) is 3.22. The van der Waals surface area contributed by atoms with Crippen molar-refractivity contribution in [2.24, 2.45) is 0 Å². The molecule has 0 atom stereocenters. The summed E-state index contributed by atoms with van der Waals surface area (Å²) >= 11 is 0. The van der Waals surface area contributed by atoms with E-state index in [-0.39, 0.29) is 11.7 Å². The molecule has 0 unspecified atom stereocenters. The van der Waals surface area contributed by atoms with Gasteiger partial charge in [-0.3, -0.25) is 9.78 Å². The molecule has 3 aromatic heterocycles. The number of aromatic amines is 1. The van der Waals surface area contributed by atoms with Gasteiger partial charge in [-0.1, -0.05) is 18.2 Å². The van der Waals surface area contributed by atoms with Gasteiger partial charge in [-0.2, -0.15) is 0 Å². The number of nitrogens with zero attached hydrogens (tertiary/aromatic N) is 3. The van der Waals surface area contributed by atoms with Crippen LogP contribution in [0.4, 0.5) is 0 Å². The molecule has 0 amide bonds. The maximum absolute atomic E-state index is 12.5. The Bertz CT molecular complexity index is 956. The molecule has 0 aliphatic carbocycles. The minimum atomic E-state index is -0.301. The summed E-state index contributed by atoms with van der Waals surface area (Å²) in [6.45, 7) is 0. The molecule has 1 aromatic carbocycles. The number of aromatic nitrogens is 4. The number of pyridine rings is 1. The Balaban J connectivity index is 1.73. The minimum Gasteiger partial charge on any atom is -0.413 e. The molecule has 0 bridgehead atoms. The number of carbonyl (C=O) groups is 1. The Morgan fingerprint density at radius 1 is 1.05 bits per heavy atom. The summed E-state index contributed by atoms with van der Waals surface area (Å²) in [4.78, 5) is 19.5. The number of H-pyrrole nitrogens is 1. The first-order valence-corrected chi connectivity index (χ1v) is 6.67. The van der Waals surface area contributed by atoms with Crippen LogP contribution in [0.15, 0.2) is 59.4 Å². The quantitative estimate of drug-likeness (QED) is 0.586. The van der Waals surface area contributed by atoms with Gasteiger partial charge < -0.3 is 9.40 Å². The molecule has 0 spiro atoms. The number of fused-ring (bicyclic) bond motifs is 1. The molecule has 0 aliphatic rings. The smallest absolute Gasteiger partial charge is 0.289 e. The minimum absolute atomic E-state index is 0.0310. The van der Waals surface area contributed by atoms with E-state index in [1.165, 1.54) is 0 Å². The number of nitrogens with one attached hydrogen (secondary N) is 1. The van der Waals surface area contributed by atoms with Crippen LogP contribution >= 0.6 is 0 Å². The van der Waals surface area contributed by atoms with Gasteiger partial charge in [0.25, 0.3) is 11.7 Å². The molecule has 4 aromatic rings. The lowest BCUT2D eigenvalue weighted by Gasteiger charge is -1.94. The molecular weight excluding hydrogens is 280 g/mol. The van der Waals surface area contributed by atoms with Crippen LogP contribution in [0.2, 0.25) is 0 Å². The second-order valence-electron chi connectivity index (χ2n) is 4.73. The van der Waals surface area contributed by atoms with Crippen molar-refractivity contribution >= 4 is 16.7 Å². The second kappa shape index (κ2) is 4.92. The van der Waals surface area contributed by atoms with Crippen LogP contribution in [0.5, 0.6) is 0 Å². The third-order valence-electron chi connectivity index (χ3n) is 3.38. The van der Waals surface area contributed by atoms with Gasteiger partial charge in [-0.25, -0.2) is 0 Å². The van der Waals surface area contributed by atoms with Crippen LogP contribution < -0.4 is 0 Å². The molecule has 3 heterocycles. The van der Waals surface area contributed by atoms with Crippen molar-refractivity contribution in [1.82, 2.24) is 20.2 Å². The van der Waals surface area contributed by atoms with E-state index in [0.29, 0.717) is 11.5 Å².